The van der Waals surface area contributed by atoms with Crippen LogP contribution in [0.3, 0.4) is 0 Å². The molecule has 1 aromatic carbocycles. The molecule has 0 bridgehead atoms. The lowest BCUT2D eigenvalue weighted by molar-refractivity contribution is -0.119. The molecular formula is C9H11N3O3. The summed E-state index contributed by atoms with van der Waals surface area (Å²) in [5, 5.41) is 0. The van der Waals surface area contributed by atoms with Crippen molar-refractivity contribution in [2.45, 2.75) is 0 Å². The van der Waals surface area contributed by atoms with Crippen LogP contribution in [0.25, 0.3) is 0 Å². The van der Waals surface area contributed by atoms with Gasteiger partial charge in [-0.2, -0.15) is 0 Å². The van der Waals surface area contributed by atoms with Crippen LogP contribution < -0.4 is 21.7 Å². The van der Waals surface area contributed by atoms with Gasteiger partial charge >= 0.3 is 0 Å². The Balaban J connectivity index is 2.74. The molecule has 0 unspecified atom stereocenters. The number of nitrogens with two attached hydrogens (primary N) is 2. The molecule has 1 aromatic rings. The molecule has 0 aromatic heterocycles. The second kappa shape index (κ2) is 4.97. The van der Waals surface area contributed by atoms with Gasteiger partial charge in [0.05, 0.1) is 0 Å². The molecule has 6 nitrogen and oxygen atoms in total. The maximum Gasteiger partial charge on any atom is 0.265 e. The van der Waals surface area contributed by atoms with Gasteiger partial charge in [0.25, 0.3) is 11.8 Å². The van der Waals surface area contributed by atoms with Crippen molar-refractivity contribution in [3.05, 3.63) is 29.8 Å². The van der Waals surface area contributed by atoms with Crippen molar-refractivity contribution in [1.82, 2.24) is 5.43 Å². The quantitative estimate of drug-likeness (QED) is 0.341. The van der Waals surface area contributed by atoms with E-state index in [2.05, 4.69) is 0 Å². The van der Waals surface area contributed by atoms with Crippen LogP contribution in [0.1, 0.15) is 10.4 Å². The van der Waals surface area contributed by atoms with Gasteiger partial charge in [0.1, 0.15) is 5.75 Å². The van der Waals surface area contributed by atoms with E-state index in [1.165, 1.54) is 6.07 Å². The summed E-state index contributed by atoms with van der Waals surface area (Å²) in [6.07, 6.45) is 0. The van der Waals surface area contributed by atoms with Gasteiger partial charge in [0.2, 0.25) is 0 Å². The monoisotopic (exact) mass is 209 g/mol. The topological polar surface area (TPSA) is 107 Å². The molecule has 80 valence electrons. The molecule has 0 atom stereocenters. The molecule has 0 heterocycles. The maximum absolute atomic E-state index is 11.1. The first-order chi connectivity index (χ1) is 7.13. The highest BCUT2D eigenvalue weighted by Crippen LogP contribution is 2.12. The zero-order valence-corrected chi connectivity index (χ0v) is 7.90. The summed E-state index contributed by atoms with van der Waals surface area (Å²) in [6.45, 7) is -0.228. The molecule has 0 saturated carbocycles. The first-order valence-corrected chi connectivity index (χ1v) is 4.15. The minimum Gasteiger partial charge on any atom is -0.484 e. The van der Waals surface area contributed by atoms with Crippen LogP contribution in [0, 0.1) is 0 Å². The number of ether oxygens (including phenoxy) is 1. The summed E-state index contributed by atoms with van der Waals surface area (Å²) in [6, 6.07) is 6.25. The summed E-state index contributed by atoms with van der Waals surface area (Å²) >= 11 is 0. The van der Waals surface area contributed by atoms with E-state index >= 15 is 0 Å². The van der Waals surface area contributed by atoms with Crippen molar-refractivity contribution in [3.63, 3.8) is 0 Å². The molecule has 0 aliphatic carbocycles. The molecule has 0 spiro atoms. The molecule has 0 saturated heterocycles. The molecule has 1 rings (SSSR count). The molecule has 0 fully saturated rings. The number of carbonyl (C=O) groups is 2. The van der Waals surface area contributed by atoms with Crippen molar-refractivity contribution >= 4 is 11.8 Å². The fraction of sp³-hybridized carbons (Fsp3) is 0.111. The first kappa shape index (κ1) is 11.0. The molecule has 0 aliphatic heterocycles. The molecule has 5 N–H and O–H groups in total. The van der Waals surface area contributed by atoms with Gasteiger partial charge in [-0.25, -0.2) is 5.84 Å². The largest absolute Gasteiger partial charge is 0.484 e. The van der Waals surface area contributed by atoms with Crippen LogP contribution in [0.2, 0.25) is 0 Å². The van der Waals surface area contributed by atoms with E-state index in [0.29, 0.717) is 11.3 Å². The van der Waals surface area contributed by atoms with Crippen molar-refractivity contribution in [2.24, 2.45) is 11.6 Å². The summed E-state index contributed by atoms with van der Waals surface area (Å²) in [7, 11) is 0. The SMILES string of the molecule is NNC(=O)c1cccc(OCC(N)=O)c1. The van der Waals surface area contributed by atoms with Gasteiger partial charge < -0.3 is 10.5 Å². The molecule has 0 radical (unpaired) electrons. The summed E-state index contributed by atoms with van der Waals surface area (Å²) < 4.78 is 5.01. The third-order valence-corrected chi connectivity index (χ3v) is 1.61. The molecule has 2 amide bonds. The summed E-state index contributed by atoms with van der Waals surface area (Å²) in [5.41, 5.74) is 7.24. The Bertz CT molecular complexity index is 379. The normalized spacial score (nSPS) is 9.40. The van der Waals surface area contributed by atoms with Crippen LogP contribution >= 0.6 is 0 Å². The average Bonchev–Trinajstić information content (AvgIpc) is 2.25. The van der Waals surface area contributed by atoms with E-state index in [-0.39, 0.29) is 6.61 Å². The average molecular weight is 209 g/mol. The van der Waals surface area contributed by atoms with E-state index in [0.717, 1.165) is 0 Å². The Morgan fingerprint density at radius 2 is 2.13 bits per heavy atom. The van der Waals surface area contributed by atoms with Gasteiger partial charge in [-0.05, 0) is 18.2 Å². The fourth-order valence-corrected chi connectivity index (χ4v) is 0.965. The highest BCUT2D eigenvalue weighted by molar-refractivity contribution is 5.94. The van der Waals surface area contributed by atoms with Crippen molar-refractivity contribution in [3.8, 4) is 5.75 Å². The lowest BCUT2D eigenvalue weighted by Crippen LogP contribution is -2.30. The van der Waals surface area contributed by atoms with Crippen LogP contribution in [-0.2, 0) is 4.79 Å². The Morgan fingerprint density at radius 1 is 1.40 bits per heavy atom. The van der Waals surface area contributed by atoms with Crippen molar-refractivity contribution in [1.29, 1.82) is 0 Å². The number of hydrogen-bond acceptors (Lipinski definition) is 4. The Labute approximate surface area is 86.2 Å². The first-order valence-electron chi connectivity index (χ1n) is 4.15. The standard InChI is InChI=1S/C9H11N3O3/c10-8(13)5-15-7-3-1-2-6(4-7)9(14)12-11/h1-4H,5,11H2,(H2,10,13)(H,12,14). The van der Waals surface area contributed by atoms with E-state index in [1.54, 1.807) is 18.2 Å². The lowest BCUT2D eigenvalue weighted by Gasteiger charge is -2.05. The van der Waals surface area contributed by atoms with Gasteiger partial charge in [-0.1, -0.05) is 6.07 Å². The number of nitrogens with one attached hydrogen (secondary N) is 1. The number of amides is 2. The van der Waals surface area contributed by atoms with E-state index < -0.39 is 11.8 Å². The number of hydrogen-bond donors (Lipinski definition) is 3. The Hall–Kier alpha value is -2.08. The van der Waals surface area contributed by atoms with E-state index in [4.69, 9.17) is 16.3 Å². The Morgan fingerprint density at radius 3 is 2.73 bits per heavy atom. The van der Waals surface area contributed by atoms with Crippen molar-refractivity contribution < 1.29 is 14.3 Å². The third kappa shape index (κ3) is 3.28. The predicted molar refractivity (Wildman–Crippen MR) is 52.8 cm³/mol. The number of carbonyl (C=O) groups excluding carboxylic acids is 2. The smallest absolute Gasteiger partial charge is 0.265 e. The highest BCUT2D eigenvalue weighted by Gasteiger charge is 2.04. The minimum absolute atomic E-state index is 0.228. The number of primary amides is 1. The maximum atomic E-state index is 11.1. The van der Waals surface area contributed by atoms with Gasteiger partial charge in [-0.3, -0.25) is 15.0 Å². The van der Waals surface area contributed by atoms with Gasteiger partial charge in [-0.15, -0.1) is 0 Å². The van der Waals surface area contributed by atoms with Crippen LogP contribution in [0.15, 0.2) is 24.3 Å². The third-order valence-electron chi connectivity index (χ3n) is 1.61. The van der Waals surface area contributed by atoms with Crippen LogP contribution in [0.4, 0.5) is 0 Å². The minimum atomic E-state index is -0.580. The van der Waals surface area contributed by atoms with E-state index in [1.807, 2.05) is 5.43 Å². The molecule has 6 heteroatoms. The fourth-order valence-electron chi connectivity index (χ4n) is 0.965. The zero-order valence-electron chi connectivity index (χ0n) is 7.90. The number of rotatable bonds is 4. The number of hydrazine groups is 1. The second-order valence-corrected chi connectivity index (χ2v) is 2.76. The summed E-state index contributed by atoms with van der Waals surface area (Å²) in [5.74, 6) is 4.34. The van der Waals surface area contributed by atoms with Crippen LogP contribution in [0.5, 0.6) is 5.75 Å². The predicted octanol–water partition coefficient (Wildman–Crippen LogP) is -0.846. The molecule has 15 heavy (non-hydrogen) atoms. The number of nitrogen functional groups attached to an aromatic ring is 1. The Kier molecular flexibility index (Phi) is 3.64. The van der Waals surface area contributed by atoms with Gasteiger partial charge in [0, 0.05) is 5.56 Å². The lowest BCUT2D eigenvalue weighted by atomic mass is 10.2. The highest BCUT2D eigenvalue weighted by atomic mass is 16.5. The zero-order chi connectivity index (χ0) is 11.3. The number of benzene rings is 1. The van der Waals surface area contributed by atoms with Crippen molar-refractivity contribution in [2.75, 3.05) is 6.61 Å². The van der Waals surface area contributed by atoms with E-state index in [9.17, 15) is 9.59 Å². The molecular weight excluding hydrogens is 198 g/mol. The summed E-state index contributed by atoms with van der Waals surface area (Å²) in [4.78, 5) is 21.6. The second-order valence-electron chi connectivity index (χ2n) is 2.76. The van der Waals surface area contributed by atoms with Crippen LogP contribution in [-0.4, -0.2) is 18.4 Å². The van der Waals surface area contributed by atoms with Gasteiger partial charge in [0.15, 0.2) is 6.61 Å². The molecule has 0 aliphatic rings.